The van der Waals surface area contributed by atoms with Crippen molar-refractivity contribution in [2.45, 2.75) is 31.8 Å². The third-order valence-electron chi connectivity index (χ3n) is 4.25. The summed E-state index contributed by atoms with van der Waals surface area (Å²) in [5.74, 6) is 1.68. The lowest BCUT2D eigenvalue weighted by molar-refractivity contribution is 0.112. The monoisotopic (exact) mass is 344 g/mol. The summed E-state index contributed by atoms with van der Waals surface area (Å²) in [4.78, 5) is 11.4. The normalized spacial score (nSPS) is 13.7. The van der Waals surface area contributed by atoms with Crippen molar-refractivity contribution in [3.8, 4) is 11.5 Å². The number of aldehydes is 1. The number of hydrogen-bond donors (Lipinski definition) is 0. The molecule has 0 saturated carbocycles. The topological polar surface area (TPSA) is 35.5 Å². The first-order chi connectivity index (χ1) is 11.6. The second kappa shape index (κ2) is 8.30. The van der Waals surface area contributed by atoms with Crippen LogP contribution in [0.25, 0.3) is 0 Å². The van der Waals surface area contributed by atoms with Gasteiger partial charge in [0.2, 0.25) is 0 Å². The Morgan fingerprint density at radius 1 is 1.12 bits per heavy atom. The molecule has 0 aliphatic rings. The highest BCUT2D eigenvalue weighted by Gasteiger charge is 2.30. The van der Waals surface area contributed by atoms with Crippen molar-refractivity contribution >= 4 is 20.2 Å². The molecule has 0 bridgehead atoms. The van der Waals surface area contributed by atoms with E-state index < -0.39 is 0 Å². The second-order valence-electron chi connectivity index (χ2n) is 5.98. The lowest BCUT2D eigenvalue weighted by atomic mass is 9.94. The molecule has 0 aromatic heterocycles. The molecule has 0 heterocycles. The third kappa shape index (κ3) is 3.96. The van der Waals surface area contributed by atoms with Crippen molar-refractivity contribution in [3.05, 3.63) is 53.6 Å². The van der Waals surface area contributed by atoms with E-state index in [9.17, 15) is 4.79 Å². The Bertz CT molecular complexity index is 699. The van der Waals surface area contributed by atoms with Crippen LogP contribution in [0.2, 0.25) is 0 Å². The van der Waals surface area contributed by atoms with Gasteiger partial charge in [0.25, 0.3) is 0 Å². The number of ether oxygens (including phenoxy) is 2. The summed E-state index contributed by atoms with van der Waals surface area (Å²) >= 11 is 0. The highest BCUT2D eigenvalue weighted by Crippen LogP contribution is 2.49. The fourth-order valence-corrected chi connectivity index (χ4v) is 4.79. The van der Waals surface area contributed by atoms with Crippen LogP contribution in [0.15, 0.2) is 42.5 Å². The fraction of sp³-hybridized carbons (Fsp3) is 0.350. The van der Waals surface area contributed by atoms with Crippen LogP contribution >= 0.6 is 8.58 Å². The molecule has 2 aromatic carbocycles. The summed E-state index contributed by atoms with van der Waals surface area (Å²) in [7, 11) is 3.84. The minimum Gasteiger partial charge on any atom is -0.497 e. The number of methoxy groups -OCH3 is 2. The summed E-state index contributed by atoms with van der Waals surface area (Å²) in [5.41, 5.74) is 1.89. The number of rotatable bonds is 8. The van der Waals surface area contributed by atoms with Gasteiger partial charge >= 0.3 is 0 Å². The van der Waals surface area contributed by atoms with Crippen molar-refractivity contribution in [2.24, 2.45) is 0 Å². The van der Waals surface area contributed by atoms with Crippen LogP contribution in [-0.4, -0.2) is 20.5 Å². The Balaban J connectivity index is 2.52. The quantitative estimate of drug-likeness (QED) is 0.521. The van der Waals surface area contributed by atoms with Crippen molar-refractivity contribution in [2.75, 3.05) is 14.2 Å². The van der Waals surface area contributed by atoms with Gasteiger partial charge in [0.05, 0.1) is 14.2 Å². The minimum atomic E-state index is -0.117. The molecule has 0 fully saturated rings. The molecule has 0 aliphatic carbocycles. The zero-order valence-electron chi connectivity index (χ0n) is 14.8. The largest absolute Gasteiger partial charge is 0.497 e. The summed E-state index contributed by atoms with van der Waals surface area (Å²) in [6.07, 6.45) is 2.99. The van der Waals surface area contributed by atoms with Crippen LogP contribution in [0.1, 0.15) is 42.6 Å². The molecule has 2 aromatic rings. The Morgan fingerprint density at radius 2 is 1.88 bits per heavy atom. The smallest absolute Gasteiger partial charge is 0.150 e. The SMILES string of the molecule is CCCC(C)(Pc1ccccc1C=O)c1cc(OC)ccc1OC. The number of hydrogen-bond acceptors (Lipinski definition) is 3. The highest BCUT2D eigenvalue weighted by molar-refractivity contribution is 7.48. The van der Waals surface area contributed by atoms with Crippen LogP contribution in [0.5, 0.6) is 11.5 Å². The van der Waals surface area contributed by atoms with E-state index in [1.807, 2.05) is 36.4 Å². The van der Waals surface area contributed by atoms with Crippen molar-refractivity contribution in [1.29, 1.82) is 0 Å². The molecular weight excluding hydrogens is 319 g/mol. The van der Waals surface area contributed by atoms with Gasteiger partial charge in [-0.2, -0.15) is 0 Å². The fourth-order valence-electron chi connectivity index (χ4n) is 3.02. The van der Waals surface area contributed by atoms with Gasteiger partial charge in [0, 0.05) is 16.3 Å². The van der Waals surface area contributed by atoms with E-state index in [0.29, 0.717) is 8.58 Å². The zero-order chi connectivity index (χ0) is 17.6. The van der Waals surface area contributed by atoms with E-state index in [-0.39, 0.29) is 5.16 Å². The highest BCUT2D eigenvalue weighted by atomic mass is 31.1. The lowest BCUT2D eigenvalue weighted by Gasteiger charge is -2.32. The zero-order valence-corrected chi connectivity index (χ0v) is 15.8. The van der Waals surface area contributed by atoms with E-state index >= 15 is 0 Å². The van der Waals surface area contributed by atoms with Crippen molar-refractivity contribution in [3.63, 3.8) is 0 Å². The Labute approximate surface area is 146 Å². The van der Waals surface area contributed by atoms with Gasteiger partial charge in [-0.3, -0.25) is 4.79 Å². The molecule has 0 N–H and O–H groups in total. The Hall–Kier alpha value is -1.86. The maximum absolute atomic E-state index is 11.4. The lowest BCUT2D eigenvalue weighted by Crippen LogP contribution is -2.21. The van der Waals surface area contributed by atoms with Crippen LogP contribution < -0.4 is 14.8 Å². The van der Waals surface area contributed by atoms with E-state index in [1.54, 1.807) is 14.2 Å². The number of carbonyl (C=O) groups is 1. The van der Waals surface area contributed by atoms with E-state index in [1.165, 1.54) is 0 Å². The molecule has 0 aliphatic heterocycles. The summed E-state index contributed by atoms with van der Waals surface area (Å²) in [6, 6.07) is 13.7. The Morgan fingerprint density at radius 3 is 2.50 bits per heavy atom. The minimum absolute atomic E-state index is 0.117. The third-order valence-corrected chi connectivity index (χ3v) is 6.05. The van der Waals surface area contributed by atoms with Crippen LogP contribution in [0, 0.1) is 0 Å². The number of benzene rings is 2. The average Bonchev–Trinajstić information content (AvgIpc) is 2.61. The molecular formula is C20H25O3P. The first-order valence-corrected chi connectivity index (χ1v) is 9.13. The standard InChI is InChI=1S/C20H25O3P/c1-5-12-20(2,24-19-9-7-6-8-15(19)14-21)17-13-16(22-3)10-11-18(17)23-4/h6-11,13-14,24H,5,12H2,1-4H3. The maximum atomic E-state index is 11.4. The first kappa shape index (κ1) is 18.5. The summed E-state index contributed by atoms with van der Waals surface area (Å²) in [5, 5.41) is 0.974. The Kier molecular flexibility index (Phi) is 6.39. The van der Waals surface area contributed by atoms with Crippen LogP contribution in [0.3, 0.4) is 0 Å². The molecule has 0 amide bonds. The van der Waals surface area contributed by atoms with Crippen molar-refractivity contribution < 1.29 is 14.3 Å². The molecule has 0 spiro atoms. The maximum Gasteiger partial charge on any atom is 0.150 e. The molecule has 2 unspecified atom stereocenters. The van der Waals surface area contributed by atoms with Gasteiger partial charge in [-0.05, 0) is 29.9 Å². The molecule has 24 heavy (non-hydrogen) atoms. The molecule has 2 atom stereocenters. The molecule has 0 saturated heterocycles. The van der Waals surface area contributed by atoms with Crippen LogP contribution in [-0.2, 0) is 5.16 Å². The van der Waals surface area contributed by atoms with E-state index in [4.69, 9.17) is 9.47 Å². The number of carbonyl (C=O) groups excluding carboxylic acids is 1. The molecule has 0 radical (unpaired) electrons. The predicted molar refractivity (Wildman–Crippen MR) is 102 cm³/mol. The van der Waals surface area contributed by atoms with Gasteiger partial charge in [-0.25, -0.2) is 0 Å². The second-order valence-corrected chi connectivity index (χ2v) is 7.87. The van der Waals surface area contributed by atoms with Gasteiger partial charge in [-0.1, -0.05) is 53.1 Å². The first-order valence-electron chi connectivity index (χ1n) is 8.13. The van der Waals surface area contributed by atoms with Gasteiger partial charge < -0.3 is 9.47 Å². The van der Waals surface area contributed by atoms with E-state index in [0.717, 1.165) is 47.1 Å². The molecule has 2 rings (SSSR count). The summed E-state index contributed by atoms with van der Waals surface area (Å²) in [6.45, 7) is 4.43. The van der Waals surface area contributed by atoms with Crippen molar-refractivity contribution in [1.82, 2.24) is 0 Å². The molecule has 4 heteroatoms. The predicted octanol–water partition coefficient (Wildman–Crippen LogP) is 4.54. The van der Waals surface area contributed by atoms with Gasteiger partial charge in [0.15, 0.2) is 6.29 Å². The van der Waals surface area contributed by atoms with Crippen LogP contribution in [0.4, 0.5) is 0 Å². The van der Waals surface area contributed by atoms with E-state index in [2.05, 4.69) is 19.9 Å². The van der Waals surface area contributed by atoms with Gasteiger partial charge in [0.1, 0.15) is 11.5 Å². The van der Waals surface area contributed by atoms with Gasteiger partial charge in [-0.15, -0.1) is 0 Å². The molecule has 128 valence electrons. The summed E-state index contributed by atoms with van der Waals surface area (Å²) < 4.78 is 11.0. The molecule has 3 nitrogen and oxygen atoms in total. The average molecular weight is 344 g/mol.